The molecule has 7 nitrogen and oxygen atoms in total. The van der Waals surface area contributed by atoms with Gasteiger partial charge < -0.3 is 20.7 Å². The number of rotatable bonds is 4. The van der Waals surface area contributed by atoms with Crippen molar-refractivity contribution in [1.82, 2.24) is 15.2 Å². The summed E-state index contributed by atoms with van der Waals surface area (Å²) in [4.78, 5) is 30.8. The molecular formula is C22H21FN4O3. The van der Waals surface area contributed by atoms with Gasteiger partial charge in [0.15, 0.2) is 0 Å². The Bertz CT molecular complexity index is 1110. The Hall–Kier alpha value is -3.52. The molecule has 0 radical (unpaired) electrons. The molecule has 1 aliphatic rings. The zero-order chi connectivity index (χ0) is 21.1. The van der Waals surface area contributed by atoms with E-state index in [1.807, 2.05) is 0 Å². The number of nitrogens with one attached hydrogen (secondary N) is 1. The maximum Gasteiger partial charge on any atom is 0.253 e. The van der Waals surface area contributed by atoms with Crippen LogP contribution < -0.4 is 11.1 Å². The van der Waals surface area contributed by atoms with Crippen LogP contribution in [0.15, 0.2) is 48.7 Å². The summed E-state index contributed by atoms with van der Waals surface area (Å²) in [5.41, 5.74) is 7.81. The number of anilines is 1. The van der Waals surface area contributed by atoms with Crippen LogP contribution in [-0.2, 0) is 9.53 Å². The smallest absolute Gasteiger partial charge is 0.253 e. The fourth-order valence-corrected chi connectivity index (χ4v) is 3.47. The van der Waals surface area contributed by atoms with Gasteiger partial charge in [0.05, 0.1) is 25.3 Å². The van der Waals surface area contributed by atoms with E-state index in [4.69, 9.17) is 10.5 Å². The minimum atomic E-state index is -0.410. The van der Waals surface area contributed by atoms with Crippen LogP contribution in [0.1, 0.15) is 10.4 Å². The van der Waals surface area contributed by atoms with Crippen LogP contribution in [0.4, 0.5) is 10.2 Å². The highest BCUT2D eigenvalue weighted by atomic mass is 19.1. The van der Waals surface area contributed by atoms with Gasteiger partial charge >= 0.3 is 0 Å². The lowest BCUT2D eigenvalue weighted by Crippen LogP contribution is -2.45. The van der Waals surface area contributed by atoms with Gasteiger partial charge in [-0.15, -0.1) is 0 Å². The summed E-state index contributed by atoms with van der Waals surface area (Å²) in [6, 6.07) is 11.6. The molecule has 2 amide bonds. The van der Waals surface area contributed by atoms with E-state index in [0.29, 0.717) is 48.2 Å². The van der Waals surface area contributed by atoms with Gasteiger partial charge in [-0.05, 0) is 34.7 Å². The number of nitrogens with zero attached hydrogens (tertiary/aromatic N) is 2. The van der Waals surface area contributed by atoms with E-state index in [9.17, 15) is 14.0 Å². The van der Waals surface area contributed by atoms with Crippen LogP contribution in [0.3, 0.4) is 0 Å². The average molecular weight is 408 g/mol. The molecule has 1 fully saturated rings. The molecule has 154 valence electrons. The van der Waals surface area contributed by atoms with Gasteiger partial charge in [-0.25, -0.2) is 9.37 Å². The fraction of sp³-hybridized carbons (Fsp3) is 0.227. The predicted octanol–water partition coefficient (Wildman–Crippen LogP) is 2.21. The molecule has 3 N–H and O–H groups in total. The molecule has 30 heavy (non-hydrogen) atoms. The van der Waals surface area contributed by atoms with E-state index in [-0.39, 0.29) is 24.1 Å². The summed E-state index contributed by atoms with van der Waals surface area (Å²) >= 11 is 0. The summed E-state index contributed by atoms with van der Waals surface area (Å²) < 4.78 is 18.8. The molecule has 1 saturated heterocycles. The summed E-state index contributed by atoms with van der Waals surface area (Å²) in [6.07, 6.45) is 1.40. The van der Waals surface area contributed by atoms with Crippen molar-refractivity contribution in [3.05, 3.63) is 60.0 Å². The molecule has 1 aromatic heterocycles. The second kappa shape index (κ2) is 8.46. The summed E-state index contributed by atoms with van der Waals surface area (Å²) in [5.74, 6) is -0.638. The molecule has 0 bridgehead atoms. The van der Waals surface area contributed by atoms with E-state index in [2.05, 4.69) is 10.3 Å². The Morgan fingerprint density at radius 3 is 2.63 bits per heavy atom. The lowest BCUT2D eigenvalue weighted by Gasteiger charge is -2.26. The molecule has 0 saturated carbocycles. The monoisotopic (exact) mass is 408 g/mol. The molecule has 3 aromatic rings. The number of amides is 2. The van der Waals surface area contributed by atoms with Crippen molar-refractivity contribution >= 4 is 28.4 Å². The van der Waals surface area contributed by atoms with Crippen LogP contribution in [0, 0.1) is 5.82 Å². The number of benzene rings is 2. The number of pyridine rings is 1. The number of hydrogen-bond acceptors (Lipinski definition) is 5. The van der Waals surface area contributed by atoms with E-state index < -0.39 is 5.91 Å². The van der Waals surface area contributed by atoms with Crippen LogP contribution in [0.5, 0.6) is 0 Å². The van der Waals surface area contributed by atoms with Crippen LogP contribution in [-0.4, -0.2) is 54.5 Å². The first-order valence-corrected chi connectivity index (χ1v) is 9.61. The zero-order valence-corrected chi connectivity index (χ0v) is 16.2. The number of nitrogen functional groups attached to an aromatic ring is 1. The van der Waals surface area contributed by atoms with Crippen molar-refractivity contribution in [2.45, 2.75) is 0 Å². The molecule has 0 spiro atoms. The maximum absolute atomic E-state index is 13.6. The summed E-state index contributed by atoms with van der Waals surface area (Å²) in [7, 11) is 0. The third-order valence-corrected chi connectivity index (χ3v) is 5.08. The zero-order valence-electron chi connectivity index (χ0n) is 16.2. The number of ether oxygens (including phenoxy) is 1. The Morgan fingerprint density at radius 1 is 1.10 bits per heavy atom. The minimum Gasteiger partial charge on any atom is -0.383 e. The van der Waals surface area contributed by atoms with Gasteiger partial charge in [0, 0.05) is 24.7 Å². The highest BCUT2D eigenvalue weighted by Crippen LogP contribution is 2.29. The number of aromatic nitrogens is 1. The molecule has 8 heteroatoms. The van der Waals surface area contributed by atoms with Gasteiger partial charge in [-0.2, -0.15) is 0 Å². The van der Waals surface area contributed by atoms with E-state index in [0.717, 1.165) is 5.56 Å². The Kier molecular flexibility index (Phi) is 5.58. The highest BCUT2D eigenvalue weighted by Gasteiger charge is 2.19. The molecule has 2 heterocycles. The first kappa shape index (κ1) is 19.8. The number of halogens is 1. The van der Waals surface area contributed by atoms with Gasteiger partial charge in [0.2, 0.25) is 5.91 Å². The highest BCUT2D eigenvalue weighted by molar-refractivity contribution is 6.10. The fourth-order valence-electron chi connectivity index (χ4n) is 3.47. The first-order valence-electron chi connectivity index (χ1n) is 9.61. The van der Waals surface area contributed by atoms with E-state index in [1.165, 1.54) is 18.3 Å². The van der Waals surface area contributed by atoms with Gasteiger partial charge in [0.1, 0.15) is 11.6 Å². The lowest BCUT2D eigenvalue weighted by atomic mass is 9.99. The van der Waals surface area contributed by atoms with Crippen LogP contribution in [0.25, 0.3) is 21.9 Å². The SMILES string of the molecule is Nc1ncc(C(=O)NCC(=O)N2CCOCC2)c2ccc(-c3cccc(F)c3)cc12. The van der Waals surface area contributed by atoms with Gasteiger partial charge in [0.25, 0.3) is 5.91 Å². The Labute approximate surface area is 172 Å². The largest absolute Gasteiger partial charge is 0.383 e. The number of hydrogen-bond donors (Lipinski definition) is 2. The summed E-state index contributed by atoms with van der Waals surface area (Å²) in [6.45, 7) is 1.93. The third kappa shape index (κ3) is 4.08. The lowest BCUT2D eigenvalue weighted by molar-refractivity contribution is -0.134. The molecule has 4 rings (SSSR count). The first-order chi connectivity index (χ1) is 14.5. The number of morpholine rings is 1. The van der Waals surface area contributed by atoms with Crippen molar-refractivity contribution in [2.24, 2.45) is 0 Å². The molecular weight excluding hydrogens is 387 g/mol. The average Bonchev–Trinajstić information content (AvgIpc) is 2.78. The Balaban J connectivity index is 1.57. The van der Waals surface area contributed by atoms with Crippen LogP contribution >= 0.6 is 0 Å². The maximum atomic E-state index is 13.6. The standard InChI is InChI=1S/C22H21FN4O3/c23-16-3-1-2-14(10-16)15-4-5-17-18(11-15)21(24)25-12-19(17)22(29)26-13-20(28)27-6-8-30-9-7-27/h1-5,10-12H,6-9,13H2,(H2,24,25)(H,26,29). The quantitative estimate of drug-likeness (QED) is 0.690. The van der Waals surface area contributed by atoms with E-state index in [1.54, 1.807) is 35.2 Å². The van der Waals surface area contributed by atoms with E-state index >= 15 is 0 Å². The minimum absolute atomic E-state index is 0.105. The number of fused-ring (bicyclic) bond motifs is 1. The van der Waals surface area contributed by atoms with Crippen molar-refractivity contribution in [1.29, 1.82) is 0 Å². The normalized spacial score (nSPS) is 14.0. The van der Waals surface area contributed by atoms with Gasteiger partial charge in [-0.1, -0.05) is 24.3 Å². The van der Waals surface area contributed by atoms with Crippen molar-refractivity contribution in [3.8, 4) is 11.1 Å². The van der Waals surface area contributed by atoms with Gasteiger partial charge in [-0.3, -0.25) is 9.59 Å². The third-order valence-electron chi connectivity index (χ3n) is 5.08. The van der Waals surface area contributed by atoms with Crippen molar-refractivity contribution in [3.63, 3.8) is 0 Å². The van der Waals surface area contributed by atoms with Crippen LogP contribution in [0.2, 0.25) is 0 Å². The predicted molar refractivity (Wildman–Crippen MR) is 111 cm³/mol. The topological polar surface area (TPSA) is 97.5 Å². The number of nitrogens with two attached hydrogens (primary N) is 1. The molecule has 0 aliphatic carbocycles. The number of carbonyl (C=O) groups is 2. The molecule has 1 aliphatic heterocycles. The molecule has 2 aromatic carbocycles. The second-order valence-electron chi connectivity index (χ2n) is 7.00. The van der Waals surface area contributed by atoms with Crippen molar-refractivity contribution in [2.75, 3.05) is 38.6 Å². The van der Waals surface area contributed by atoms with Crippen molar-refractivity contribution < 1.29 is 18.7 Å². The summed E-state index contributed by atoms with van der Waals surface area (Å²) in [5, 5.41) is 3.86. The molecule has 0 unspecified atom stereocenters. The molecule has 0 atom stereocenters. The Morgan fingerprint density at radius 2 is 1.87 bits per heavy atom. The second-order valence-corrected chi connectivity index (χ2v) is 7.00. The number of carbonyl (C=O) groups excluding carboxylic acids is 2.